The van der Waals surface area contributed by atoms with Crippen molar-refractivity contribution in [2.45, 2.75) is 51.4 Å². The van der Waals surface area contributed by atoms with Gasteiger partial charge in [0.2, 0.25) is 5.88 Å². The molecule has 0 atom stereocenters. The van der Waals surface area contributed by atoms with Crippen molar-refractivity contribution in [2.24, 2.45) is 11.7 Å². The Bertz CT molecular complexity index is 1880. The number of Topliss-reactive ketones (excluding diaryl/α,β-unsaturated/α-hetero) is 2. The number of ether oxygens (including phenoxy) is 2. The summed E-state index contributed by atoms with van der Waals surface area (Å²) in [6, 6.07) is 15.3. The van der Waals surface area contributed by atoms with E-state index in [1.807, 2.05) is 48.5 Å². The summed E-state index contributed by atoms with van der Waals surface area (Å²) in [7, 11) is 0. The third-order valence-electron chi connectivity index (χ3n) is 8.07. The molecule has 0 radical (unpaired) electrons. The maximum absolute atomic E-state index is 12.5. The minimum atomic E-state index is -0.697. The van der Waals surface area contributed by atoms with Gasteiger partial charge in [0.15, 0.2) is 0 Å². The van der Waals surface area contributed by atoms with Crippen molar-refractivity contribution in [1.29, 1.82) is 5.41 Å². The SMILES string of the molecule is CC(=O)C(C(C)=O)c1nc2ccccc2s1.N=C(N)C1CCOCC1.O=c1[nH]c(C2CCOCC2)nc(O)c1-c1nc2ccccc2s1. The summed E-state index contributed by atoms with van der Waals surface area (Å²) in [4.78, 5) is 51.1. The van der Waals surface area contributed by atoms with Gasteiger partial charge in [-0.2, -0.15) is 4.98 Å². The summed E-state index contributed by atoms with van der Waals surface area (Å²) in [5, 5.41) is 18.5. The first-order valence-corrected chi connectivity index (χ1v) is 17.3. The van der Waals surface area contributed by atoms with Crippen LogP contribution in [0.5, 0.6) is 5.88 Å². The first-order valence-electron chi connectivity index (χ1n) is 15.7. The number of thiazole rings is 2. The van der Waals surface area contributed by atoms with E-state index in [1.54, 1.807) is 0 Å². The number of fused-ring (bicyclic) bond motifs is 2. The number of hydrogen-bond donors (Lipinski definition) is 4. The van der Waals surface area contributed by atoms with Crippen LogP contribution in [-0.4, -0.2) is 68.9 Å². The Morgan fingerprint density at radius 1 is 0.875 bits per heavy atom. The highest BCUT2D eigenvalue weighted by Crippen LogP contribution is 2.33. The van der Waals surface area contributed by atoms with Gasteiger partial charge in [-0.05, 0) is 63.8 Å². The Labute approximate surface area is 284 Å². The van der Waals surface area contributed by atoms with Crippen molar-refractivity contribution in [3.05, 3.63) is 69.7 Å². The van der Waals surface area contributed by atoms with Crippen LogP contribution in [0.1, 0.15) is 62.2 Å². The number of ketones is 2. The first kappa shape index (κ1) is 35.0. The number of para-hydroxylation sites is 2. The lowest BCUT2D eigenvalue weighted by atomic mass is 9.99. The van der Waals surface area contributed by atoms with Crippen molar-refractivity contribution in [3.63, 3.8) is 0 Å². The number of H-pyrrole nitrogens is 1. The first-order chi connectivity index (χ1) is 23.1. The van der Waals surface area contributed by atoms with E-state index in [0.717, 1.165) is 59.3 Å². The molecule has 2 aromatic carbocycles. The van der Waals surface area contributed by atoms with Crippen LogP contribution in [-0.2, 0) is 19.1 Å². The number of aromatic hydroxyl groups is 1. The summed E-state index contributed by atoms with van der Waals surface area (Å²) < 4.78 is 12.4. The minimum Gasteiger partial charge on any atom is -0.493 e. The van der Waals surface area contributed by atoms with Crippen molar-refractivity contribution in [1.82, 2.24) is 19.9 Å². The van der Waals surface area contributed by atoms with Crippen LogP contribution in [0, 0.1) is 11.3 Å². The van der Waals surface area contributed by atoms with Gasteiger partial charge in [0.1, 0.15) is 38.9 Å². The number of hydrogen-bond acceptors (Lipinski definition) is 12. The molecule has 2 aliphatic heterocycles. The van der Waals surface area contributed by atoms with Crippen molar-refractivity contribution >= 4 is 60.5 Å². The van der Waals surface area contributed by atoms with Gasteiger partial charge in [-0.1, -0.05) is 24.3 Å². The van der Waals surface area contributed by atoms with Crippen LogP contribution in [0.2, 0.25) is 0 Å². The standard InChI is InChI=1S/C16H15N3O3S.C12H11NO2S.C6H12N2O/c20-14-12(16-17-10-3-1-2-4-11(10)23-16)15(21)19-13(18-14)9-5-7-22-8-6-9;1-7(14)11(8(2)15)12-13-9-5-3-4-6-10(9)16-12;7-6(8)5-1-3-9-4-2-5/h1-4,9H,5-8H2,(H2,18,19,20,21);3-6,11H,1-2H3;5H,1-4H2,(H3,7,8). The Morgan fingerprint density at radius 2 is 1.42 bits per heavy atom. The molecule has 0 spiro atoms. The molecule has 0 bridgehead atoms. The van der Waals surface area contributed by atoms with Gasteiger partial charge in [0, 0.05) is 38.3 Å². The highest BCUT2D eigenvalue weighted by Gasteiger charge is 2.25. The zero-order chi connectivity index (χ0) is 34.2. The summed E-state index contributed by atoms with van der Waals surface area (Å²) in [5.41, 5.74) is 6.73. The number of nitrogens with zero attached hydrogens (tertiary/aromatic N) is 3. The normalized spacial score (nSPS) is 15.4. The second-order valence-electron chi connectivity index (χ2n) is 11.5. The van der Waals surface area contributed by atoms with E-state index in [0.29, 0.717) is 40.8 Å². The smallest absolute Gasteiger partial charge is 0.265 e. The maximum Gasteiger partial charge on any atom is 0.265 e. The molecule has 3 aromatic heterocycles. The lowest BCUT2D eigenvalue weighted by molar-refractivity contribution is -0.126. The van der Waals surface area contributed by atoms with Gasteiger partial charge >= 0.3 is 0 Å². The zero-order valence-corrected chi connectivity index (χ0v) is 28.4. The molecule has 252 valence electrons. The minimum absolute atomic E-state index is 0.117. The van der Waals surface area contributed by atoms with Crippen LogP contribution < -0.4 is 11.3 Å². The van der Waals surface area contributed by atoms with Gasteiger partial charge < -0.3 is 25.3 Å². The fourth-order valence-electron chi connectivity index (χ4n) is 5.47. The summed E-state index contributed by atoms with van der Waals surface area (Å²) in [6.07, 6.45) is 3.44. The molecule has 0 amide bonds. The van der Waals surface area contributed by atoms with Crippen LogP contribution in [0.4, 0.5) is 0 Å². The molecule has 7 rings (SSSR count). The number of aromatic nitrogens is 4. The molecule has 14 heteroatoms. The van der Waals surface area contributed by atoms with Crippen LogP contribution in [0.15, 0.2) is 53.3 Å². The van der Waals surface area contributed by atoms with Gasteiger partial charge in [0.05, 0.1) is 26.3 Å². The molecule has 48 heavy (non-hydrogen) atoms. The van der Waals surface area contributed by atoms with Crippen LogP contribution in [0.25, 0.3) is 31.0 Å². The largest absolute Gasteiger partial charge is 0.493 e. The van der Waals surface area contributed by atoms with Crippen LogP contribution in [0.3, 0.4) is 0 Å². The Hall–Kier alpha value is -4.37. The van der Waals surface area contributed by atoms with Crippen molar-refractivity contribution in [2.75, 3.05) is 26.4 Å². The van der Waals surface area contributed by atoms with E-state index in [2.05, 4.69) is 19.9 Å². The average Bonchev–Trinajstić information content (AvgIpc) is 3.69. The summed E-state index contributed by atoms with van der Waals surface area (Å²) in [5.74, 6) is 0.00860. The average molecular weight is 691 g/mol. The quantitative estimate of drug-likeness (QED) is 0.0996. The molecule has 5 N–H and O–H groups in total. The fraction of sp³-hybridized carbons (Fsp3) is 0.382. The zero-order valence-electron chi connectivity index (χ0n) is 26.7. The number of amidine groups is 1. The number of benzene rings is 2. The van der Waals surface area contributed by atoms with Crippen LogP contribution >= 0.6 is 22.7 Å². The lowest BCUT2D eigenvalue weighted by Gasteiger charge is -2.21. The van der Waals surface area contributed by atoms with Gasteiger partial charge in [0.25, 0.3) is 5.56 Å². The Morgan fingerprint density at radius 3 is 1.92 bits per heavy atom. The number of nitrogens with two attached hydrogens (primary N) is 1. The number of nitrogens with one attached hydrogen (secondary N) is 2. The molecule has 5 heterocycles. The predicted octanol–water partition coefficient (Wildman–Crippen LogP) is 5.55. The number of aromatic amines is 1. The second kappa shape index (κ2) is 16.2. The van der Waals surface area contributed by atoms with E-state index >= 15 is 0 Å². The summed E-state index contributed by atoms with van der Waals surface area (Å²) >= 11 is 2.78. The van der Waals surface area contributed by atoms with Gasteiger partial charge in [-0.15, -0.1) is 22.7 Å². The third kappa shape index (κ3) is 8.55. The number of carbonyl (C=O) groups excluding carboxylic acids is 2. The summed E-state index contributed by atoms with van der Waals surface area (Å²) in [6.45, 7) is 5.69. The van der Waals surface area contributed by atoms with E-state index < -0.39 is 5.92 Å². The number of rotatable bonds is 6. The van der Waals surface area contributed by atoms with Crippen molar-refractivity contribution < 1.29 is 24.2 Å². The second-order valence-corrected chi connectivity index (χ2v) is 13.6. The Kier molecular flexibility index (Phi) is 11.8. The molecule has 5 aromatic rings. The predicted molar refractivity (Wildman–Crippen MR) is 187 cm³/mol. The van der Waals surface area contributed by atoms with E-state index in [9.17, 15) is 19.5 Å². The monoisotopic (exact) mass is 690 g/mol. The molecule has 0 saturated carbocycles. The fourth-order valence-corrected chi connectivity index (χ4v) is 7.66. The Balaban J connectivity index is 0.000000156. The molecular weight excluding hydrogens is 653 g/mol. The van der Waals surface area contributed by atoms with Gasteiger partial charge in [-0.3, -0.25) is 19.8 Å². The maximum atomic E-state index is 12.5. The molecule has 2 saturated heterocycles. The topological polar surface area (TPSA) is 194 Å². The van der Waals surface area contributed by atoms with E-state index in [1.165, 1.54) is 36.5 Å². The third-order valence-corrected chi connectivity index (χ3v) is 10.2. The highest BCUT2D eigenvalue weighted by atomic mass is 32.1. The molecule has 0 aliphatic carbocycles. The van der Waals surface area contributed by atoms with E-state index in [-0.39, 0.29) is 34.5 Å². The molecule has 2 fully saturated rings. The molecular formula is C34H38N6O6S2. The molecule has 0 unspecified atom stereocenters. The van der Waals surface area contributed by atoms with Crippen molar-refractivity contribution in [3.8, 4) is 16.5 Å². The molecule has 12 nitrogen and oxygen atoms in total. The molecule has 2 aliphatic rings. The van der Waals surface area contributed by atoms with E-state index in [4.69, 9.17) is 20.6 Å². The number of carbonyl (C=O) groups is 2. The lowest BCUT2D eigenvalue weighted by Crippen LogP contribution is -2.28. The van der Waals surface area contributed by atoms with Gasteiger partial charge in [-0.25, -0.2) is 9.97 Å². The highest BCUT2D eigenvalue weighted by molar-refractivity contribution is 7.21.